The second kappa shape index (κ2) is 12.7. The lowest BCUT2D eigenvalue weighted by molar-refractivity contribution is -0.128. The maximum Gasteiger partial charge on any atom is 0.276 e. The molecule has 40 heavy (non-hydrogen) atoms. The van der Waals surface area contributed by atoms with Crippen molar-refractivity contribution in [2.75, 3.05) is 33.3 Å². The fraction of sp³-hybridized carbons (Fsp3) is 0.400. The number of likely N-dealkylation sites (tertiary alicyclic amines) is 1. The smallest absolute Gasteiger partial charge is 0.276 e. The van der Waals surface area contributed by atoms with E-state index >= 15 is 0 Å². The molecule has 0 saturated carbocycles. The van der Waals surface area contributed by atoms with E-state index in [1.165, 1.54) is 28.4 Å². The van der Waals surface area contributed by atoms with E-state index in [4.69, 9.17) is 21.2 Å². The van der Waals surface area contributed by atoms with Crippen LogP contribution in [0.1, 0.15) is 49.0 Å². The van der Waals surface area contributed by atoms with E-state index in [0.29, 0.717) is 28.6 Å². The molecule has 3 heterocycles. The van der Waals surface area contributed by atoms with Gasteiger partial charge in [-0.05, 0) is 73.8 Å². The van der Waals surface area contributed by atoms with Gasteiger partial charge in [-0.15, -0.1) is 11.3 Å². The number of halogens is 2. The van der Waals surface area contributed by atoms with Crippen LogP contribution in [0.25, 0.3) is 10.4 Å². The molecule has 7 nitrogen and oxygen atoms in total. The summed E-state index contributed by atoms with van der Waals surface area (Å²) >= 11 is 7.60. The third-order valence-corrected chi connectivity index (χ3v) is 8.66. The van der Waals surface area contributed by atoms with Crippen molar-refractivity contribution in [1.29, 1.82) is 0 Å². The Morgan fingerprint density at radius 3 is 2.73 bits per heavy atom. The van der Waals surface area contributed by atoms with Crippen LogP contribution in [0.4, 0.5) is 4.39 Å². The van der Waals surface area contributed by atoms with E-state index < -0.39 is 18.0 Å². The van der Waals surface area contributed by atoms with Gasteiger partial charge in [0.2, 0.25) is 0 Å². The molecular formula is C30H33ClFN3O4S. The molecule has 0 spiro atoms. The summed E-state index contributed by atoms with van der Waals surface area (Å²) in [5.74, 6) is -0.770. The van der Waals surface area contributed by atoms with Crippen molar-refractivity contribution in [2.24, 2.45) is 5.16 Å². The number of likely N-dealkylation sites (N-methyl/N-ethyl adjacent to an activating group) is 1. The zero-order chi connectivity index (χ0) is 28.2. The molecule has 1 fully saturated rings. The lowest BCUT2D eigenvalue weighted by Gasteiger charge is -2.35. The molecule has 3 aromatic rings. The van der Waals surface area contributed by atoms with Gasteiger partial charge in [0, 0.05) is 29.6 Å². The van der Waals surface area contributed by atoms with E-state index in [1.54, 1.807) is 13.1 Å². The first kappa shape index (κ1) is 28.5. The molecule has 2 atom stereocenters. The molecule has 10 heteroatoms. The summed E-state index contributed by atoms with van der Waals surface area (Å²) in [6.07, 6.45) is 1.75. The second-order valence-corrected chi connectivity index (χ2v) is 11.9. The number of aliphatic hydroxyl groups is 1. The number of nitrogens with zero attached hydrogens (tertiary/aromatic N) is 3. The number of aliphatic hydroxyl groups excluding tert-OH is 1. The van der Waals surface area contributed by atoms with Gasteiger partial charge in [0.15, 0.2) is 17.3 Å². The van der Waals surface area contributed by atoms with Gasteiger partial charge in [-0.2, -0.15) is 0 Å². The van der Waals surface area contributed by atoms with Crippen LogP contribution in [0.3, 0.4) is 0 Å². The van der Waals surface area contributed by atoms with Crippen molar-refractivity contribution < 1.29 is 23.9 Å². The number of hydrogen-bond donors (Lipinski definition) is 1. The molecule has 1 N–H and O–H groups in total. The van der Waals surface area contributed by atoms with Gasteiger partial charge in [0.05, 0.1) is 17.0 Å². The van der Waals surface area contributed by atoms with Gasteiger partial charge in [0.25, 0.3) is 5.91 Å². The number of hydrogen-bond acceptors (Lipinski definition) is 7. The highest BCUT2D eigenvalue weighted by Crippen LogP contribution is 2.34. The quantitative estimate of drug-likeness (QED) is 0.321. The van der Waals surface area contributed by atoms with Gasteiger partial charge in [-0.3, -0.25) is 4.79 Å². The fourth-order valence-electron chi connectivity index (χ4n) is 5.17. The first-order valence-electron chi connectivity index (χ1n) is 13.5. The normalized spacial score (nSPS) is 16.6. The largest absolute Gasteiger partial charge is 0.491 e. The lowest BCUT2D eigenvalue weighted by atomic mass is 9.96. The molecule has 2 aliphatic rings. The number of amides is 1. The molecule has 2 aliphatic heterocycles. The summed E-state index contributed by atoms with van der Waals surface area (Å²) in [5.41, 5.74) is 3.07. The lowest BCUT2D eigenvalue weighted by Crippen LogP contribution is -2.50. The van der Waals surface area contributed by atoms with Crippen LogP contribution in [-0.2, 0) is 16.2 Å². The van der Waals surface area contributed by atoms with Crippen LogP contribution < -0.4 is 4.74 Å². The average molecular weight is 586 g/mol. The Balaban J connectivity index is 1.40. The van der Waals surface area contributed by atoms with E-state index in [9.17, 15) is 14.3 Å². The minimum atomic E-state index is -1.13. The van der Waals surface area contributed by atoms with Crippen molar-refractivity contribution >= 4 is 34.6 Å². The first-order chi connectivity index (χ1) is 19.4. The highest BCUT2D eigenvalue weighted by Gasteiger charge is 2.35. The second-order valence-electron chi connectivity index (χ2n) is 10.2. The highest BCUT2D eigenvalue weighted by molar-refractivity contribution is 7.19. The minimum absolute atomic E-state index is 0.146. The Morgan fingerprint density at radius 1 is 1.23 bits per heavy atom. The molecule has 1 saturated heterocycles. The Hall–Kier alpha value is -2.98. The van der Waals surface area contributed by atoms with E-state index in [-0.39, 0.29) is 24.0 Å². The summed E-state index contributed by atoms with van der Waals surface area (Å²) in [6.45, 7) is 4.80. The first-order valence-corrected chi connectivity index (χ1v) is 14.7. The highest BCUT2D eigenvalue weighted by atomic mass is 35.5. The molecule has 0 bridgehead atoms. The van der Waals surface area contributed by atoms with Crippen molar-refractivity contribution in [1.82, 2.24) is 9.80 Å². The molecule has 2 aromatic carbocycles. The summed E-state index contributed by atoms with van der Waals surface area (Å²) < 4.78 is 21.0. The van der Waals surface area contributed by atoms with Gasteiger partial charge >= 0.3 is 0 Å². The van der Waals surface area contributed by atoms with Gasteiger partial charge < -0.3 is 24.5 Å². The van der Waals surface area contributed by atoms with Gasteiger partial charge in [-0.1, -0.05) is 41.9 Å². The molecule has 0 unspecified atom stereocenters. The Morgan fingerprint density at radius 2 is 2.02 bits per heavy atom. The van der Waals surface area contributed by atoms with Crippen molar-refractivity contribution in [3.05, 3.63) is 75.4 Å². The Kier molecular flexibility index (Phi) is 9.05. The van der Waals surface area contributed by atoms with Crippen LogP contribution in [0.5, 0.6) is 5.75 Å². The molecule has 0 aliphatic carbocycles. The SMILES string of the molecule is CCCOc1ccc([C@@H](O)[C@@H](CN2CCCC2)N(C)C(=O)C2=NOCc3cc(-c4ccc(Cl)s4)ccc32)cc1F. The van der Waals surface area contributed by atoms with Gasteiger partial charge in [-0.25, -0.2) is 4.39 Å². The summed E-state index contributed by atoms with van der Waals surface area (Å²) in [4.78, 5) is 24.1. The van der Waals surface area contributed by atoms with E-state index in [2.05, 4.69) is 10.1 Å². The third kappa shape index (κ3) is 6.17. The number of benzene rings is 2. The standard InChI is InChI=1S/C30H33ClFN3O4S/c1-3-14-38-25-9-7-20(16-23(25)32)29(36)24(17-35-12-4-5-13-35)34(2)30(37)28-22-8-6-19(15-21(22)18-39-33-28)26-10-11-27(31)40-26/h6-11,15-16,24,29,36H,3-5,12-14,17-18H2,1-2H3/t24-,29-/m1/s1. The predicted octanol–water partition coefficient (Wildman–Crippen LogP) is 5.89. The number of carbonyl (C=O) groups excluding carboxylic acids is 1. The predicted molar refractivity (Wildman–Crippen MR) is 155 cm³/mol. The zero-order valence-corrected chi connectivity index (χ0v) is 24.2. The average Bonchev–Trinajstić information content (AvgIpc) is 3.65. The van der Waals surface area contributed by atoms with E-state index in [0.717, 1.165) is 48.4 Å². The summed E-state index contributed by atoms with van der Waals surface area (Å²) in [7, 11) is 1.65. The Bertz CT molecular complexity index is 1390. The number of fused-ring (bicyclic) bond motifs is 1. The number of oxime groups is 1. The zero-order valence-electron chi connectivity index (χ0n) is 22.6. The maximum atomic E-state index is 14.8. The molecule has 212 valence electrons. The van der Waals surface area contributed by atoms with Crippen LogP contribution in [0.15, 0.2) is 53.7 Å². The monoisotopic (exact) mass is 585 g/mol. The van der Waals surface area contributed by atoms with Crippen LogP contribution in [0, 0.1) is 5.82 Å². The third-order valence-electron chi connectivity index (χ3n) is 7.38. The molecule has 0 radical (unpaired) electrons. The fourth-order valence-corrected chi connectivity index (χ4v) is 6.21. The van der Waals surface area contributed by atoms with Crippen molar-refractivity contribution in [3.8, 4) is 16.2 Å². The molecule has 1 amide bonds. The number of ether oxygens (including phenoxy) is 1. The molecule has 5 rings (SSSR count). The molecular weight excluding hydrogens is 553 g/mol. The summed E-state index contributed by atoms with van der Waals surface area (Å²) in [6, 6.07) is 13.5. The number of carbonyl (C=O) groups is 1. The van der Waals surface area contributed by atoms with Crippen LogP contribution in [-0.4, -0.2) is 65.9 Å². The minimum Gasteiger partial charge on any atom is -0.491 e. The molecule has 1 aromatic heterocycles. The summed E-state index contributed by atoms with van der Waals surface area (Å²) in [5, 5.41) is 15.6. The Labute approximate surface area is 242 Å². The topological polar surface area (TPSA) is 74.6 Å². The maximum absolute atomic E-state index is 14.8. The van der Waals surface area contributed by atoms with Gasteiger partial charge in [0.1, 0.15) is 12.7 Å². The van der Waals surface area contributed by atoms with Crippen molar-refractivity contribution in [3.63, 3.8) is 0 Å². The van der Waals surface area contributed by atoms with E-state index in [1.807, 2.05) is 37.3 Å². The van der Waals surface area contributed by atoms with Crippen LogP contribution in [0.2, 0.25) is 4.34 Å². The van der Waals surface area contributed by atoms with Crippen LogP contribution >= 0.6 is 22.9 Å². The number of thiophene rings is 1. The number of rotatable bonds is 10. The van der Waals surface area contributed by atoms with Crippen molar-refractivity contribution in [2.45, 2.75) is 44.9 Å².